The normalized spacial score (nSPS) is 28.2. The molecule has 2 unspecified atom stereocenters. The van der Waals surface area contributed by atoms with Crippen LogP contribution < -0.4 is 5.73 Å². The molecular formula is C14H20N2O2. The first-order valence-corrected chi connectivity index (χ1v) is 6.67. The van der Waals surface area contributed by atoms with Crippen molar-refractivity contribution in [2.24, 2.45) is 0 Å². The summed E-state index contributed by atoms with van der Waals surface area (Å²) in [6.07, 6.45) is 4.12. The van der Waals surface area contributed by atoms with Crippen LogP contribution >= 0.6 is 0 Å². The molecule has 1 heterocycles. The number of phenolic OH excluding ortho intramolecular Hbond substituents is 1. The highest BCUT2D eigenvalue weighted by atomic mass is 16.5. The van der Waals surface area contributed by atoms with Crippen molar-refractivity contribution in [2.45, 2.75) is 38.0 Å². The van der Waals surface area contributed by atoms with Gasteiger partial charge in [-0.15, -0.1) is 0 Å². The van der Waals surface area contributed by atoms with E-state index in [1.165, 1.54) is 19.3 Å². The molecule has 4 heteroatoms. The lowest BCUT2D eigenvalue weighted by Gasteiger charge is -2.37. The minimum absolute atomic E-state index is 0.166. The Kier molecular flexibility index (Phi) is 3.14. The number of ether oxygens (including phenoxy) is 1. The highest BCUT2D eigenvalue weighted by Gasteiger charge is 2.35. The molecule has 0 aromatic heterocycles. The van der Waals surface area contributed by atoms with Crippen LogP contribution in [0, 0.1) is 0 Å². The quantitative estimate of drug-likeness (QED) is 0.618. The van der Waals surface area contributed by atoms with Crippen LogP contribution in [-0.4, -0.2) is 35.3 Å². The molecule has 0 amide bonds. The maximum absolute atomic E-state index is 9.44. The van der Waals surface area contributed by atoms with Crippen LogP contribution in [0.2, 0.25) is 0 Å². The molecule has 0 bridgehead atoms. The van der Waals surface area contributed by atoms with Crippen LogP contribution in [0.15, 0.2) is 18.2 Å². The molecule has 0 radical (unpaired) electrons. The van der Waals surface area contributed by atoms with Crippen LogP contribution in [0.25, 0.3) is 0 Å². The number of nitrogen functional groups attached to an aromatic ring is 1. The molecule has 1 saturated carbocycles. The highest BCUT2D eigenvalue weighted by Crippen LogP contribution is 2.31. The van der Waals surface area contributed by atoms with E-state index in [2.05, 4.69) is 4.90 Å². The molecule has 1 aliphatic carbocycles. The summed E-state index contributed by atoms with van der Waals surface area (Å²) in [6.45, 7) is 2.71. The van der Waals surface area contributed by atoms with Crippen molar-refractivity contribution in [3.8, 4) is 5.75 Å². The second kappa shape index (κ2) is 4.78. The number of hydrogen-bond acceptors (Lipinski definition) is 4. The Morgan fingerprint density at radius 2 is 2.28 bits per heavy atom. The number of hydrogen-bond donors (Lipinski definition) is 2. The second-order valence-electron chi connectivity index (χ2n) is 5.27. The average molecular weight is 248 g/mol. The van der Waals surface area contributed by atoms with E-state index < -0.39 is 0 Å². The van der Waals surface area contributed by atoms with Gasteiger partial charge in [0, 0.05) is 19.1 Å². The molecule has 2 fully saturated rings. The molecule has 0 spiro atoms. The molecule has 1 saturated heterocycles. The fourth-order valence-electron chi connectivity index (χ4n) is 3.14. The third-order valence-electron chi connectivity index (χ3n) is 4.07. The summed E-state index contributed by atoms with van der Waals surface area (Å²) in [7, 11) is 0. The Bertz CT molecular complexity index is 436. The van der Waals surface area contributed by atoms with Gasteiger partial charge in [0.25, 0.3) is 0 Å². The fourth-order valence-corrected chi connectivity index (χ4v) is 3.14. The second-order valence-corrected chi connectivity index (χ2v) is 5.27. The van der Waals surface area contributed by atoms with Gasteiger partial charge in [0.2, 0.25) is 0 Å². The summed E-state index contributed by atoms with van der Waals surface area (Å²) < 4.78 is 5.81. The number of morpholine rings is 1. The SMILES string of the molecule is Nc1cc(CN2CCOC3CCCC32)ccc1O. The van der Waals surface area contributed by atoms with Crippen LogP contribution in [0.4, 0.5) is 5.69 Å². The topological polar surface area (TPSA) is 58.7 Å². The Hall–Kier alpha value is -1.26. The largest absolute Gasteiger partial charge is 0.506 e. The zero-order valence-electron chi connectivity index (χ0n) is 10.5. The lowest BCUT2D eigenvalue weighted by atomic mass is 10.1. The predicted octanol–water partition coefficient (Wildman–Crippen LogP) is 1.73. The summed E-state index contributed by atoms with van der Waals surface area (Å²) in [5.41, 5.74) is 7.37. The van der Waals surface area contributed by atoms with Gasteiger partial charge < -0.3 is 15.6 Å². The smallest absolute Gasteiger partial charge is 0.138 e. The first kappa shape index (κ1) is 11.8. The van der Waals surface area contributed by atoms with Crippen LogP contribution in [0.5, 0.6) is 5.75 Å². The summed E-state index contributed by atoms with van der Waals surface area (Å²) in [4.78, 5) is 2.49. The molecule has 1 aliphatic heterocycles. The molecule has 1 aromatic carbocycles. The monoisotopic (exact) mass is 248 g/mol. The van der Waals surface area contributed by atoms with Gasteiger partial charge in [-0.1, -0.05) is 6.07 Å². The third kappa shape index (κ3) is 2.18. The first-order chi connectivity index (χ1) is 8.74. The van der Waals surface area contributed by atoms with Crippen molar-refractivity contribution in [3.63, 3.8) is 0 Å². The molecule has 1 aromatic rings. The van der Waals surface area contributed by atoms with Crippen LogP contribution in [0.1, 0.15) is 24.8 Å². The van der Waals surface area contributed by atoms with Crippen molar-refractivity contribution >= 4 is 5.69 Å². The third-order valence-corrected chi connectivity index (χ3v) is 4.07. The average Bonchev–Trinajstić information content (AvgIpc) is 2.83. The Morgan fingerprint density at radius 1 is 1.39 bits per heavy atom. The van der Waals surface area contributed by atoms with E-state index in [9.17, 15) is 5.11 Å². The summed E-state index contributed by atoms with van der Waals surface area (Å²) >= 11 is 0. The minimum atomic E-state index is 0.166. The van der Waals surface area contributed by atoms with Crippen molar-refractivity contribution in [1.82, 2.24) is 4.90 Å². The van der Waals surface area contributed by atoms with E-state index in [-0.39, 0.29) is 5.75 Å². The maximum Gasteiger partial charge on any atom is 0.138 e. The van der Waals surface area contributed by atoms with Gasteiger partial charge in [-0.2, -0.15) is 0 Å². The van der Waals surface area contributed by atoms with Gasteiger partial charge in [-0.3, -0.25) is 4.90 Å². The van der Waals surface area contributed by atoms with Crippen molar-refractivity contribution in [1.29, 1.82) is 0 Å². The van der Waals surface area contributed by atoms with Gasteiger partial charge in [-0.05, 0) is 37.0 Å². The van der Waals surface area contributed by atoms with E-state index in [1.807, 2.05) is 12.1 Å². The predicted molar refractivity (Wildman–Crippen MR) is 70.3 cm³/mol. The Balaban J connectivity index is 1.73. The van der Waals surface area contributed by atoms with Gasteiger partial charge in [-0.25, -0.2) is 0 Å². The molecule has 98 valence electrons. The van der Waals surface area contributed by atoms with Crippen LogP contribution in [0.3, 0.4) is 0 Å². The molecule has 2 aliphatic rings. The van der Waals surface area contributed by atoms with E-state index >= 15 is 0 Å². The number of nitrogens with two attached hydrogens (primary N) is 1. The highest BCUT2D eigenvalue weighted by molar-refractivity contribution is 5.53. The van der Waals surface area contributed by atoms with Gasteiger partial charge in [0.15, 0.2) is 0 Å². The van der Waals surface area contributed by atoms with Gasteiger partial charge in [0.1, 0.15) is 5.75 Å². The standard InChI is InChI=1S/C14H20N2O2/c15-11-8-10(4-5-13(11)17)9-16-6-7-18-14-3-1-2-12(14)16/h4-5,8,12,14,17H,1-3,6-7,9,15H2. The number of fused-ring (bicyclic) bond motifs is 1. The fraction of sp³-hybridized carbons (Fsp3) is 0.571. The molecule has 3 rings (SSSR count). The zero-order valence-corrected chi connectivity index (χ0v) is 10.5. The van der Waals surface area contributed by atoms with Crippen molar-refractivity contribution in [2.75, 3.05) is 18.9 Å². The van der Waals surface area contributed by atoms with Gasteiger partial charge >= 0.3 is 0 Å². The van der Waals surface area contributed by atoms with E-state index in [0.29, 0.717) is 17.8 Å². The Labute approximate surface area is 107 Å². The number of nitrogens with zero attached hydrogens (tertiary/aromatic N) is 1. The van der Waals surface area contributed by atoms with E-state index in [4.69, 9.17) is 10.5 Å². The lowest BCUT2D eigenvalue weighted by molar-refractivity contribution is -0.0588. The maximum atomic E-state index is 9.44. The van der Waals surface area contributed by atoms with Crippen LogP contribution in [-0.2, 0) is 11.3 Å². The Morgan fingerprint density at radius 3 is 3.11 bits per heavy atom. The summed E-state index contributed by atoms with van der Waals surface area (Å²) in [5.74, 6) is 0.166. The summed E-state index contributed by atoms with van der Waals surface area (Å²) in [6, 6.07) is 6.06. The molecule has 3 N–H and O–H groups in total. The molecular weight excluding hydrogens is 228 g/mol. The molecule has 4 nitrogen and oxygen atoms in total. The number of anilines is 1. The first-order valence-electron chi connectivity index (χ1n) is 6.67. The number of rotatable bonds is 2. The van der Waals surface area contributed by atoms with E-state index in [0.717, 1.165) is 25.3 Å². The lowest BCUT2D eigenvalue weighted by Crippen LogP contribution is -2.47. The molecule has 2 atom stereocenters. The number of benzene rings is 1. The van der Waals surface area contributed by atoms with E-state index in [1.54, 1.807) is 6.07 Å². The zero-order chi connectivity index (χ0) is 12.5. The minimum Gasteiger partial charge on any atom is -0.506 e. The molecule has 18 heavy (non-hydrogen) atoms. The van der Waals surface area contributed by atoms with Crippen molar-refractivity contribution < 1.29 is 9.84 Å². The summed E-state index contributed by atoms with van der Waals surface area (Å²) in [5, 5.41) is 9.44. The number of aromatic hydroxyl groups is 1. The number of phenols is 1. The van der Waals surface area contributed by atoms with Gasteiger partial charge in [0.05, 0.1) is 18.4 Å². The van der Waals surface area contributed by atoms with Crippen molar-refractivity contribution in [3.05, 3.63) is 23.8 Å².